The first-order valence-corrected chi connectivity index (χ1v) is 18.4. The fourth-order valence-corrected chi connectivity index (χ4v) is 8.09. The molecule has 246 valence electrons. The fourth-order valence-electron chi connectivity index (χ4n) is 6.91. The molecule has 0 N–H and O–H groups in total. The third kappa shape index (κ3) is 6.14. The van der Waals surface area contributed by atoms with Gasteiger partial charge in [-0.3, -0.25) is 0 Å². The molecule has 0 spiro atoms. The lowest BCUT2D eigenvalue weighted by atomic mass is 9.90. The third-order valence-corrected chi connectivity index (χ3v) is 11.3. The van der Waals surface area contributed by atoms with Crippen molar-refractivity contribution in [1.82, 2.24) is 0 Å². The van der Waals surface area contributed by atoms with Crippen molar-refractivity contribution in [1.29, 1.82) is 0 Å². The highest BCUT2D eigenvalue weighted by atomic mass is 32.1. The highest BCUT2D eigenvalue weighted by molar-refractivity contribution is 7.25. The van der Waals surface area contributed by atoms with Crippen LogP contribution in [0.4, 0.5) is 28.4 Å². The SMILES string of the molecule is Cc1ccc(N(C2=CC(C)C(C)C=C2)c2ccc(-c3ccc4c(c3)sc3cc(N(c5ccc(C)cc5)c5ccc(C)cc5)ccc34)cc2)cc1. The summed E-state index contributed by atoms with van der Waals surface area (Å²) >= 11 is 1.87. The third-order valence-electron chi connectivity index (χ3n) is 10.1. The standard InChI is InChI=1S/C47H42N2S/c1-31-6-16-38(17-7-31)48(42-22-12-34(4)35(5)28-42)41-23-13-36(14-24-41)37-15-26-44-45-27-25-43(30-47(45)50-46(44)29-37)49(39-18-8-32(2)9-19-39)40-20-10-33(3)11-21-40/h6-30,34-35H,1-5H3. The first kappa shape index (κ1) is 31.9. The van der Waals surface area contributed by atoms with E-state index in [1.165, 1.54) is 59.4 Å². The molecular weight excluding hydrogens is 625 g/mol. The predicted molar refractivity (Wildman–Crippen MR) is 218 cm³/mol. The summed E-state index contributed by atoms with van der Waals surface area (Å²) < 4.78 is 2.60. The average molecular weight is 667 g/mol. The molecule has 1 heterocycles. The molecule has 50 heavy (non-hydrogen) atoms. The number of anilines is 5. The van der Waals surface area contributed by atoms with Crippen molar-refractivity contribution in [3.05, 3.63) is 174 Å². The molecule has 0 saturated heterocycles. The van der Waals surface area contributed by atoms with Gasteiger partial charge in [0.15, 0.2) is 0 Å². The van der Waals surface area contributed by atoms with E-state index >= 15 is 0 Å². The lowest BCUT2D eigenvalue weighted by Crippen LogP contribution is -2.19. The van der Waals surface area contributed by atoms with E-state index in [4.69, 9.17) is 0 Å². The second-order valence-corrected chi connectivity index (χ2v) is 15.0. The maximum atomic E-state index is 2.40. The number of hydrogen-bond acceptors (Lipinski definition) is 3. The van der Waals surface area contributed by atoms with Crippen molar-refractivity contribution < 1.29 is 0 Å². The van der Waals surface area contributed by atoms with Gasteiger partial charge in [-0.2, -0.15) is 0 Å². The van der Waals surface area contributed by atoms with Crippen LogP contribution in [0.15, 0.2) is 157 Å². The molecule has 6 aromatic carbocycles. The number of benzene rings is 6. The largest absolute Gasteiger partial charge is 0.311 e. The zero-order valence-electron chi connectivity index (χ0n) is 29.4. The zero-order valence-corrected chi connectivity index (χ0v) is 30.2. The van der Waals surface area contributed by atoms with E-state index < -0.39 is 0 Å². The van der Waals surface area contributed by atoms with Crippen LogP contribution in [0.5, 0.6) is 0 Å². The lowest BCUT2D eigenvalue weighted by molar-refractivity contribution is 0.547. The second kappa shape index (κ2) is 13.2. The van der Waals surface area contributed by atoms with Gasteiger partial charge in [0.2, 0.25) is 0 Å². The molecule has 0 saturated carbocycles. The Morgan fingerprint density at radius 3 is 1.42 bits per heavy atom. The molecule has 0 radical (unpaired) electrons. The van der Waals surface area contributed by atoms with E-state index in [1.54, 1.807) is 0 Å². The summed E-state index contributed by atoms with van der Waals surface area (Å²) in [6.45, 7) is 11.0. The number of nitrogens with zero attached hydrogens (tertiary/aromatic N) is 2. The van der Waals surface area contributed by atoms with Crippen molar-refractivity contribution >= 4 is 59.9 Å². The minimum atomic E-state index is 0.486. The van der Waals surface area contributed by atoms with Crippen LogP contribution >= 0.6 is 11.3 Å². The molecule has 2 atom stereocenters. The molecule has 2 unspecified atom stereocenters. The number of hydrogen-bond donors (Lipinski definition) is 0. The van der Waals surface area contributed by atoms with Crippen molar-refractivity contribution in [3.8, 4) is 11.1 Å². The quantitative estimate of drug-likeness (QED) is 0.167. The maximum absolute atomic E-state index is 2.40. The van der Waals surface area contributed by atoms with Crippen LogP contribution < -0.4 is 9.80 Å². The monoisotopic (exact) mass is 666 g/mol. The first-order chi connectivity index (χ1) is 24.3. The van der Waals surface area contributed by atoms with Crippen LogP contribution in [-0.4, -0.2) is 0 Å². The van der Waals surface area contributed by atoms with Crippen LogP contribution in [0, 0.1) is 32.6 Å². The summed E-state index contributed by atoms with van der Waals surface area (Å²) in [6, 6.07) is 49.4. The summed E-state index contributed by atoms with van der Waals surface area (Å²) in [6.07, 6.45) is 7.02. The van der Waals surface area contributed by atoms with E-state index in [0.29, 0.717) is 11.8 Å². The van der Waals surface area contributed by atoms with Crippen LogP contribution in [0.2, 0.25) is 0 Å². The molecule has 2 nitrogen and oxygen atoms in total. The Labute approximate surface area is 300 Å². The van der Waals surface area contributed by atoms with Gasteiger partial charge >= 0.3 is 0 Å². The summed E-state index contributed by atoms with van der Waals surface area (Å²) in [5.74, 6) is 1.02. The average Bonchev–Trinajstić information content (AvgIpc) is 3.50. The topological polar surface area (TPSA) is 6.48 Å². The number of aryl methyl sites for hydroxylation is 3. The molecule has 0 aliphatic heterocycles. The summed E-state index contributed by atoms with van der Waals surface area (Å²) in [5, 5.41) is 2.61. The number of allylic oxidation sites excluding steroid dienone is 3. The van der Waals surface area contributed by atoms with Crippen molar-refractivity contribution in [3.63, 3.8) is 0 Å². The molecule has 8 rings (SSSR count). The van der Waals surface area contributed by atoms with E-state index in [0.717, 1.165) is 22.7 Å². The summed E-state index contributed by atoms with van der Waals surface area (Å²) in [7, 11) is 0. The van der Waals surface area contributed by atoms with E-state index in [-0.39, 0.29) is 0 Å². The van der Waals surface area contributed by atoms with Gasteiger partial charge in [0.1, 0.15) is 0 Å². The van der Waals surface area contributed by atoms with Crippen molar-refractivity contribution in [2.45, 2.75) is 34.6 Å². The zero-order chi connectivity index (χ0) is 34.4. The van der Waals surface area contributed by atoms with Gasteiger partial charge in [-0.15, -0.1) is 11.3 Å². The molecule has 7 aromatic rings. The van der Waals surface area contributed by atoms with Crippen LogP contribution in [0.1, 0.15) is 30.5 Å². The molecule has 3 heteroatoms. The van der Waals surface area contributed by atoms with E-state index in [2.05, 4.69) is 196 Å². The van der Waals surface area contributed by atoms with Crippen LogP contribution in [-0.2, 0) is 0 Å². The molecular formula is C47H42N2S. The van der Waals surface area contributed by atoms with Gasteiger partial charge in [-0.1, -0.05) is 109 Å². The van der Waals surface area contributed by atoms with Gasteiger partial charge in [-0.25, -0.2) is 0 Å². The van der Waals surface area contributed by atoms with E-state index in [1.807, 2.05) is 11.3 Å². The Kier molecular flexibility index (Phi) is 8.38. The van der Waals surface area contributed by atoms with Crippen LogP contribution in [0.25, 0.3) is 31.3 Å². The Morgan fingerprint density at radius 1 is 0.440 bits per heavy atom. The molecule has 1 aliphatic rings. The van der Waals surface area contributed by atoms with Crippen LogP contribution in [0.3, 0.4) is 0 Å². The maximum Gasteiger partial charge on any atom is 0.0476 e. The first-order valence-electron chi connectivity index (χ1n) is 17.6. The normalized spacial score (nSPS) is 15.7. The number of thiophene rings is 1. The highest BCUT2D eigenvalue weighted by Crippen LogP contribution is 2.42. The highest BCUT2D eigenvalue weighted by Gasteiger charge is 2.20. The molecule has 0 bridgehead atoms. The number of rotatable bonds is 7. The minimum absolute atomic E-state index is 0.486. The fraction of sp³-hybridized carbons (Fsp3) is 0.149. The van der Waals surface area contributed by atoms with E-state index in [9.17, 15) is 0 Å². The number of fused-ring (bicyclic) bond motifs is 3. The lowest BCUT2D eigenvalue weighted by Gasteiger charge is -2.30. The second-order valence-electron chi connectivity index (χ2n) is 13.9. The van der Waals surface area contributed by atoms with Gasteiger partial charge in [0.25, 0.3) is 0 Å². The van der Waals surface area contributed by atoms with Gasteiger partial charge in [0, 0.05) is 54.3 Å². The van der Waals surface area contributed by atoms with Gasteiger partial charge in [0.05, 0.1) is 0 Å². The van der Waals surface area contributed by atoms with Gasteiger partial charge < -0.3 is 9.80 Å². The van der Waals surface area contributed by atoms with Crippen molar-refractivity contribution in [2.75, 3.05) is 9.80 Å². The predicted octanol–water partition coefficient (Wildman–Crippen LogP) is 14.0. The Hall–Kier alpha value is -5.38. The van der Waals surface area contributed by atoms with Crippen molar-refractivity contribution in [2.24, 2.45) is 11.8 Å². The Morgan fingerprint density at radius 2 is 0.880 bits per heavy atom. The molecule has 0 fully saturated rings. The Balaban J connectivity index is 1.14. The van der Waals surface area contributed by atoms with Gasteiger partial charge in [-0.05, 0) is 117 Å². The molecule has 1 aromatic heterocycles. The molecule has 0 amide bonds. The summed E-state index contributed by atoms with van der Waals surface area (Å²) in [5.41, 5.74) is 13.3. The Bertz CT molecular complexity index is 2310. The minimum Gasteiger partial charge on any atom is -0.311 e. The smallest absolute Gasteiger partial charge is 0.0476 e. The summed E-state index contributed by atoms with van der Waals surface area (Å²) in [4.78, 5) is 4.74. The molecule has 1 aliphatic carbocycles.